The predicted octanol–water partition coefficient (Wildman–Crippen LogP) is 2.49. The maximum absolute atomic E-state index is 13.4. The number of halogens is 1. The molecule has 8 nitrogen and oxygen atoms in total. The van der Waals surface area contributed by atoms with Gasteiger partial charge in [0.1, 0.15) is 0 Å². The van der Waals surface area contributed by atoms with Crippen LogP contribution in [0.15, 0.2) is 45.7 Å². The van der Waals surface area contributed by atoms with Crippen molar-refractivity contribution in [1.29, 1.82) is 0 Å². The number of benzene rings is 1. The summed E-state index contributed by atoms with van der Waals surface area (Å²) >= 11 is 3.45. The zero-order valence-corrected chi connectivity index (χ0v) is 18.9. The molecule has 2 aromatic heterocycles. The molecule has 164 valence electrons. The lowest BCUT2D eigenvalue weighted by molar-refractivity contribution is -0.138. The number of nitrogens with one attached hydrogen (secondary N) is 1. The standard InChI is InChI=1S/C23H22BrN5O3/c24-16-4-5-17-18(8-16)25-26-22(17)29-12-15(7-21(29)31)23(32)27-9-13-6-14(11-27)19-2-1-3-20(30)28(19)10-13/h1-5,8,13-15H,6-7,9-12H2,(H,25,26)/t13-,14+,15-/m0/s1. The van der Waals surface area contributed by atoms with E-state index < -0.39 is 0 Å². The Hall–Kier alpha value is -2.94. The second kappa shape index (κ2) is 7.30. The summed E-state index contributed by atoms with van der Waals surface area (Å²) in [6.45, 7) is 2.23. The molecule has 6 rings (SSSR count). The number of carbonyl (C=O) groups is 2. The van der Waals surface area contributed by atoms with Gasteiger partial charge in [0.05, 0.1) is 11.4 Å². The largest absolute Gasteiger partial charge is 0.341 e. The van der Waals surface area contributed by atoms with Gasteiger partial charge in [0.25, 0.3) is 5.56 Å². The highest BCUT2D eigenvalue weighted by Gasteiger charge is 2.42. The van der Waals surface area contributed by atoms with Crippen LogP contribution in [0.3, 0.4) is 0 Å². The van der Waals surface area contributed by atoms with Crippen LogP contribution in [0.4, 0.5) is 5.82 Å². The number of aromatic amines is 1. The number of hydrogen-bond acceptors (Lipinski definition) is 4. The summed E-state index contributed by atoms with van der Waals surface area (Å²) in [5, 5.41) is 8.20. The molecule has 0 spiro atoms. The fourth-order valence-corrected chi connectivity index (χ4v) is 5.96. The average molecular weight is 496 g/mol. The van der Waals surface area contributed by atoms with Gasteiger partial charge in [-0.05, 0) is 36.6 Å². The molecule has 1 aromatic carbocycles. The van der Waals surface area contributed by atoms with Gasteiger partial charge in [-0.1, -0.05) is 22.0 Å². The van der Waals surface area contributed by atoms with E-state index in [1.54, 1.807) is 17.0 Å². The van der Waals surface area contributed by atoms with Gasteiger partial charge in [0.2, 0.25) is 11.8 Å². The zero-order valence-electron chi connectivity index (χ0n) is 17.3. The van der Waals surface area contributed by atoms with Gasteiger partial charge >= 0.3 is 0 Å². The Morgan fingerprint density at radius 2 is 1.97 bits per heavy atom. The monoisotopic (exact) mass is 495 g/mol. The van der Waals surface area contributed by atoms with Crippen molar-refractivity contribution < 1.29 is 9.59 Å². The molecule has 9 heteroatoms. The summed E-state index contributed by atoms with van der Waals surface area (Å²) in [4.78, 5) is 42.1. The van der Waals surface area contributed by atoms with Crippen molar-refractivity contribution in [3.63, 3.8) is 0 Å². The maximum Gasteiger partial charge on any atom is 0.250 e. The third-order valence-corrected chi connectivity index (χ3v) is 7.52. The lowest BCUT2D eigenvalue weighted by Crippen LogP contribution is -2.50. The first kappa shape index (κ1) is 19.7. The molecule has 0 saturated carbocycles. The quantitative estimate of drug-likeness (QED) is 0.591. The third kappa shape index (κ3) is 3.09. The van der Waals surface area contributed by atoms with Gasteiger partial charge in [0.15, 0.2) is 5.82 Å². The average Bonchev–Trinajstić information content (AvgIpc) is 3.36. The molecule has 0 aliphatic carbocycles. The smallest absolute Gasteiger partial charge is 0.250 e. The van der Waals surface area contributed by atoms with Crippen molar-refractivity contribution >= 4 is 44.5 Å². The Kier molecular flexibility index (Phi) is 4.50. The normalized spacial score (nSPS) is 24.8. The number of H-pyrrole nitrogens is 1. The summed E-state index contributed by atoms with van der Waals surface area (Å²) in [6, 6.07) is 11.2. The minimum absolute atomic E-state index is 0.0323. The molecule has 2 fully saturated rings. The number of nitrogens with zero attached hydrogens (tertiary/aromatic N) is 4. The molecule has 3 atom stereocenters. The summed E-state index contributed by atoms with van der Waals surface area (Å²) in [5.74, 6) is 0.603. The van der Waals surface area contributed by atoms with Crippen LogP contribution in [0.2, 0.25) is 0 Å². The Labute approximate surface area is 192 Å². The number of piperidine rings is 1. The number of likely N-dealkylation sites (tertiary alicyclic amines) is 1. The third-order valence-electron chi connectivity index (χ3n) is 7.03. The fourth-order valence-electron chi connectivity index (χ4n) is 5.60. The molecule has 0 radical (unpaired) electrons. The van der Waals surface area contributed by atoms with E-state index in [1.165, 1.54) is 0 Å². The fraction of sp³-hybridized carbons (Fsp3) is 0.391. The summed E-state index contributed by atoms with van der Waals surface area (Å²) in [5.41, 5.74) is 1.89. The lowest BCUT2D eigenvalue weighted by atomic mass is 9.82. The number of amides is 2. The van der Waals surface area contributed by atoms with Gasteiger partial charge in [-0.25, -0.2) is 0 Å². The van der Waals surface area contributed by atoms with Gasteiger partial charge in [-0.3, -0.25) is 24.4 Å². The van der Waals surface area contributed by atoms with E-state index in [4.69, 9.17) is 0 Å². The van der Waals surface area contributed by atoms with Crippen molar-refractivity contribution in [3.8, 4) is 0 Å². The number of anilines is 1. The first-order chi connectivity index (χ1) is 15.5. The van der Waals surface area contributed by atoms with E-state index >= 15 is 0 Å². The van der Waals surface area contributed by atoms with Crippen LogP contribution >= 0.6 is 15.9 Å². The van der Waals surface area contributed by atoms with Crippen molar-refractivity contribution in [2.45, 2.75) is 25.3 Å². The molecule has 2 bridgehead atoms. The lowest BCUT2D eigenvalue weighted by Gasteiger charge is -2.43. The predicted molar refractivity (Wildman–Crippen MR) is 122 cm³/mol. The minimum Gasteiger partial charge on any atom is -0.341 e. The Morgan fingerprint density at radius 3 is 2.84 bits per heavy atom. The van der Waals surface area contributed by atoms with E-state index in [2.05, 4.69) is 26.1 Å². The number of rotatable bonds is 2. The van der Waals surface area contributed by atoms with Crippen molar-refractivity contribution in [1.82, 2.24) is 19.7 Å². The molecular formula is C23H22BrN5O3. The van der Waals surface area contributed by atoms with E-state index in [0.29, 0.717) is 32.0 Å². The van der Waals surface area contributed by atoms with Gasteiger partial charge in [-0.15, -0.1) is 0 Å². The van der Waals surface area contributed by atoms with E-state index in [1.807, 2.05) is 33.7 Å². The molecule has 2 amide bonds. The highest BCUT2D eigenvalue weighted by molar-refractivity contribution is 9.10. The van der Waals surface area contributed by atoms with Crippen molar-refractivity contribution in [2.24, 2.45) is 11.8 Å². The first-order valence-corrected chi connectivity index (χ1v) is 11.7. The van der Waals surface area contributed by atoms with Crippen LogP contribution in [-0.2, 0) is 16.1 Å². The summed E-state index contributed by atoms with van der Waals surface area (Å²) in [6.07, 6.45) is 1.20. The number of carbonyl (C=O) groups excluding carboxylic acids is 2. The highest BCUT2D eigenvalue weighted by atomic mass is 79.9. The van der Waals surface area contributed by atoms with Gasteiger partial charge in [-0.2, -0.15) is 5.10 Å². The summed E-state index contributed by atoms with van der Waals surface area (Å²) in [7, 11) is 0. The molecule has 3 aliphatic heterocycles. The maximum atomic E-state index is 13.4. The Balaban J connectivity index is 1.22. The number of aromatic nitrogens is 3. The van der Waals surface area contributed by atoms with Gasteiger partial charge < -0.3 is 9.47 Å². The molecule has 5 heterocycles. The molecule has 1 N–H and O–H groups in total. The highest BCUT2D eigenvalue weighted by Crippen LogP contribution is 2.37. The SMILES string of the molecule is O=C([C@H]1CC(=O)N(c2n[nH]c3cc(Br)ccc23)C1)N1C[C@@H]2C[C@H](C1)c1cccc(=O)n1C2. The molecule has 2 saturated heterocycles. The first-order valence-electron chi connectivity index (χ1n) is 10.9. The number of pyridine rings is 1. The van der Waals surface area contributed by atoms with Crippen LogP contribution in [0.5, 0.6) is 0 Å². The Morgan fingerprint density at radius 1 is 1.09 bits per heavy atom. The van der Waals surface area contributed by atoms with Crippen LogP contribution in [0, 0.1) is 11.8 Å². The van der Waals surface area contributed by atoms with E-state index in [9.17, 15) is 14.4 Å². The van der Waals surface area contributed by atoms with Crippen molar-refractivity contribution in [3.05, 3.63) is 56.9 Å². The number of fused-ring (bicyclic) bond motifs is 5. The van der Waals surface area contributed by atoms with Gasteiger partial charge in [0, 0.05) is 60.1 Å². The van der Waals surface area contributed by atoms with Crippen LogP contribution in [0.25, 0.3) is 10.9 Å². The zero-order chi connectivity index (χ0) is 22.0. The topological polar surface area (TPSA) is 91.3 Å². The van der Waals surface area contributed by atoms with Crippen LogP contribution < -0.4 is 10.5 Å². The molecular weight excluding hydrogens is 474 g/mol. The number of hydrogen-bond donors (Lipinski definition) is 1. The molecule has 0 unspecified atom stereocenters. The van der Waals surface area contributed by atoms with E-state index in [-0.39, 0.29) is 41.5 Å². The van der Waals surface area contributed by atoms with Crippen LogP contribution in [0.1, 0.15) is 24.5 Å². The molecule has 32 heavy (non-hydrogen) atoms. The second-order valence-corrected chi connectivity index (χ2v) is 10.00. The van der Waals surface area contributed by atoms with E-state index in [0.717, 1.165) is 27.5 Å². The Bertz CT molecular complexity index is 1310. The minimum atomic E-state index is -0.374. The second-order valence-electron chi connectivity index (χ2n) is 9.08. The summed E-state index contributed by atoms with van der Waals surface area (Å²) < 4.78 is 2.79. The molecule has 3 aromatic rings. The molecule has 3 aliphatic rings. The van der Waals surface area contributed by atoms with Crippen LogP contribution in [-0.4, -0.2) is 51.1 Å². The van der Waals surface area contributed by atoms with Crippen molar-refractivity contribution in [2.75, 3.05) is 24.5 Å².